The third kappa shape index (κ3) is 5.24. The van der Waals surface area contributed by atoms with Crippen LogP contribution in [0.2, 0.25) is 0 Å². The first-order valence-electron chi connectivity index (χ1n) is 11.4. The van der Waals surface area contributed by atoms with Crippen molar-refractivity contribution >= 4 is 15.7 Å². The minimum Gasteiger partial charge on any atom is -0.354 e. The fraction of sp³-hybridized carbons (Fsp3) is 0.696. The number of nitrogens with one attached hydrogen (secondary N) is 1. The smallest absolute Gasteiger partial charge is 0.234 e. The molecule has 1 aliphatic carbocycles. The Morgan fingerprint density at radius 2 is 1.73 bits per heavy atom. The van der Waals surface area contributed by atoms with Crippen LogP contribution < -0.4 is 5.32 Å². The topological polar surface area (TPSA) is 69.7 Å². The number of piperazine rings is 1. The van der Waals surface area contributed by atoms with Crippen molar-refractivity contribution in [2.45, 2.75) is 50.0 Å². The molecule has 7 heteroatoms. The molecule has 30 heavy (non-hydrogen) atoms. The van der Waals surface area contributed by atoms with Crippen molar-refractivity contribution in [3.63, 3.8) is 0 Å². The highest BCUT2D eigenvalue weighted by Crippen LogP contribution is 2.38. The Labute approximate surface area is 180 Å². The van der Waals surface area contributed by atoms with Crippen LogP contribution in [-0.2, 0) is 20.0 Å². The molecule has 2 aliphatic heterocycles. The monoisotopic (exact) mass is 433 g/mol. The second-order valence-corrected chi connectivity index (χ2v) is 11.6. The maximum absolute atomic E-state index is 12.7. The predicted molar refractivity (Wildman–Crippen MR) is 119 cm³/mol. The summed E-state index contributed by atoms with van der Waals surface area (Å²) in [7, 11) is -2.84. The SMILES string of the molecule is O=C(CN1CCN(C2CCS(=O)(=O)C2)CC1)NCC1(c2ccccc2)CCCCC1. The third-order valence-corrected chi connectivity index (χ3v) is 9.07. The van der Waals surface area contributed by atoms with Crippen LogP contribution in [0.5, 0.6) is 0 Å². The summed E-state index contributed by atoms with van der Waals surface area (Å²) in [5.41, 5.74) is 1.42. The lowest BCUT2D eigenvalue weighted by Crippen LogP contribution is -2.53. The van der Waals surface area contributed by atoms with Gasteiger partial charge in [-0.2, -0.15) is 0 Å². The van der Waals surface area contributed by atoms with Crippen LogP contribution in [0.4, 0.5) is 0 Å². The molecule has 1 amide bonds. The van der Waals surface area contributed by atoms with Gasteiger partial charge in [0.1, 0.15) is 0 Å². The van der Waals surface area contributed by atoms with Crippen LogP contribution in [0.1, 0.15) is 44.1 Å². The summed E-state index contributed by atoms with van der Waals surface area (Å²) >= 11 is 0. The molecule has 4 rings (SSSR count). The summed E-state index contributed by atoms with van der Waals surface area (Å²) in [6.45, 7) is 4.50. The molecule has 1 unspecified atom stereocenters. The summed E-state index contributed by atoms with van der Waals surface area (Å²) in [4.78, 5) is 17.2. The number of amides is 1. The van der Waals surface area contributed by atoms with Gasteiger partial charge >= 0.3 is 0 Å². The molecule has 2 saturated heterocycles. The van der Waals surface area contributed by atoms with Crippen molar-refractivity contribution in [1.29, 1.82) is 0 Å². The second-order valence-electron chi connectivity index (χ2n) is 9.35. The molecule has 0 spiro atoms. The lowest BCUT2D eigenvalue weighted by Gasteiger charge is -2.39. The molecule has 1 N–H and O–H groups in total. The minimum absolute atomic E-state index is 0.0713. The van der Waals surface area contributed by atoms with E-state index in [1.54, 1.807) is 0 Å². The molecule has 0 aromatic heterocycles. The van der Waals surface area contributed by atoms with Gasteiger partial charge in [-0.1, -0.05) is 49.6 Å². The fourth-order valence-electron chi connectivity index (χ4n) is 5.46. The average molecular weight is 434 g/mol. The van der Waals surface area contributed by atoms with Gasteiger partial charge in [0.2, 0.25) is 5.91 Å². The van der Waals surface area contributed by atoms with Gasteiger partial charge < -0.3 is 5.32 Å². The van der Waals surface area contributed by atoms with Crippen molar-refractivity contribution in [2.24, 2.45) is 0 Å². The lowest BCUT2D eigenvalue weighted by molar-refractivity contribution is -0.123. The summed E-state index contributed by atoms with van der Waals surface area (Å²) in [6, 6.07) is 10.8. The largest absolute Gasteiger partial charge is 0.354 e. The third-order valence-electron chi connectivity index (χ3n) is 7.32. The first kappa shape index (κ1) is 21.8. The molecule has 0 radical (unpaired) electrons. The number of sulfone groups is 1. The number of hydrogen-bond donors (Lipinski definition) is 1. The molecule has 3 aliphatic rings. The van der Waals surface area contributed by atoms with E-state index in [0.717, 1.165) is 52.0 Å². The summed E-state index contributed by atoms with van der Waals surface area (Å²) < 4.78 is 23.5. The van der Waals surface area contributed by atoms with E-state index in [1.165, 1.54) is 24.8 Å². The number of benzene rings is 1. The quantitative estimate of drug-likeness (QED) is 0.741. The van der Waals surface area contributed by atoms with Gasteiger partial charge in [0.15, 0.2) is 9.84 Å². The minimum atomic E-state index is -2.84. The predicted octanol–water partition coefficient (Wildman–Crippen LogP) is 1.81. The Morgan fingerprint density at radius 3 is 2.37 bits per heavy atom. The van der Waals surface area contributed by atoms with E-state index in [-0.39, 0.29) is 17.4 Å². The van der Waals surface area contributed by atoms with Crippen LogP contribution in [0, 0.1) is 0 Å². The first-order valence-corrected chi connectivity index (χ1v) is 13.3. The number of rotatable bonds is 6. The van der Waals surface area contributed by atoms with Crippen LogP contribution >= 0.6 is 0 Å². The van der Waals surface area contributed by atoms with E-state index in [2.05, 4.69) is 45.4 Å². The van der Waals surface area contributed by atoms with Gasteiger partial charge in [-0.15, -0.1) is 0 Å². The van der Waals surface area contributed by atoms with E-state index in [9.17, 15) is 13.2 Å². The Bertz CT molecular complexity index is 813. The highest BCUT2D eigenvalue weighted by molar-refractivity contribution is 7.91. The zero-order chi connectivity index (χ0) is 21.0. The van der Waals surface area contributed by atoms with Crippen LogP contribution in [0.3, 0.4) is 0 Å². The summed E-state index contributed by atoms with van der Waals surface area (Å²) in [6.07, 6.45) is 6.77. The van der Waals surface area contributed by atoms with Gasteiger partial charge in [0.25, 0.3) is 0 Å². The van der Waals surface area contributed by atoms with E-state index < -0.39 is 9.84 Å². The van der Waals surface area contributed by atoms with E-state index >= 15 is 0 Å². The molecule has 1 aromatic rings. The summed E-state index contributed by atoms with van der Waals surface area (Å²) in [5, 5.41) is 3.24. The van der Waals surface area contributed by atoms with E-state index in [1.807, 2.05) is 0 Å². The van der Waals surface area contributed by atoms with Crippen LogP contribution in [0.25, 0.3) is 0 Å². The maximum atomic E-state index is 12.7. The molecule has 1 atom stereocenters. The average Bonchev–Trinajstić information content (AvgIpc) is 3.14. The van der Waals surface area contributed by atoms with Gasteiger partial charge in [-0.25, -0.2) is 8.42 Å². The molecular weight excluding hydrogens is 398 g/mol. The fourth-order valence-corrected chi connectivity index (χ4v) is 7.23. The van der Waals surface area contributed by atoms with Crippen LogP contribution in [-0.4, -0.2) is 80.9 Å². The standard InChI is InChI=1S/C23H35N3O3S/c27-22(17-25-12-14-26(15-13-25)21-9-16-30(28,29)18-21)24-19-23(10-5-2-6-11-23)20-7-3-1-4-8-20/h1,3-4,7-8,21H,2,5-6,9-19H2,(H,24,27). The van der Waals surface area contributed by atoms with Crippen molar-refractivity contribution in [3.8, 4) is 0 Å². The zero-order valence-electron chi connectivity index (χ0n) is 17.9. The lowest BCUT2D eigenvalue weighted by atomic mass is 9.69. The maximum Gasteiger partial charge on any atom is 0.234 e. The van der Waals surface area contributed by atoms with Gasteiger partial charge in [0.05, 0.1) is 18.1 Å². The molecular formula is C23H35N3O3S. The molecule has 0 bridgehead atoms. The Balaban J connectivity index is 1.26. The van der Waals surface area contributed by atoms with Gasteiger partial charge in [0, 0.05) is 44.2 Å². The Morgan fingerprint density at radius 1 is 1.03 bits per heavy atom. The molecule has 166 valence electrons. The normalized spacial score (nSPS) is 27.0. The second kappa shape index (κ2) is 9.37. The number of carbonyl (C=O) groups excluding carboxylic acids is 1. The molecule has 1 saturated carbocycles. The molecule has 1 aromatic carbocycles. The number of carbonyl (C=O) groups is 1. The number of hydrogen-bond acceptors (Lipinski definition) is 5. The molecule has 3 fully saturated rings. The van der Waals surface area contributed by atoms with Gasteiger partial charge in [-0.05, 0) is 24.8 Å². The first-order chi connectivity index (χ1) is 14.5. The molecule has 6 nitrogen and oxygen atoms in total. The summed E-state index contributed by atoms with van der Waals surface area (Å²) in [5.74, 6) is 0.728. The Kier molecular flexibility index (Phi) is 6.80. The highest BCUT2D eigenvalue weighted by Gasteiger charge is 2.35. The van der Waals surface area contributed by atoms with Gasteiger partial charge in [-0.3, -0.25) is 14.6 Å². The van der Waals surface area contributed by atoms with Crippen molar-refractivity contribution in [3.05, 3.63) is 35.9 Å². The Hall–Kier alpha value is -1.44. The highest BCUT2D eigenvalue weighted by atomic mass is 32.2. The zero-order valence-corrected chi connectivity index (χ0v) is 18.7. The number of nitrogens with zero attached hydrogens (tertiary/aromatic N) is 2. The molecule has 2 heterocycles. The van der Waals surface area contributed by atoms with Crippen molar-refractivity contribution in [2.75, 3.05) is 50.8 Å². The van der Waals surface area contributed by atoms with E-state index in [0.29, 0.717) is 18.1 Å². The van der Waals surface area contributed by atoms with Crippen molar-refractivity contribution in [1.82, 2.24) is 15.1 Å². The van der Waals surface area contributed by atoms with Crippen molar-refractivity contribution < 1.29 is 13.2 Å². The van der Waals surface area contributed by atoms with E-state index in [4.69, 9.17) is 0 Å². The van der Waals surface area contributed by atoms with Crippen LogP contribution in [0.15, 0.2) is 30.3 Å².